The zero-order valence-corrected chi connectivity index (χ0v) is 17.5. The summed E-state index contributed by atoms with van der Waals surface area (Å²) in [5.74, 6) is -0.930. The van der Waals surface area contributed by atoms with Crippen molar-refractivity contribution >= 4 is 29.4 Å². The molecule has 32 heavy (non-hydrogen) atoms. The maximum Gasteiger partial charge on any atom is 0.261 e. The smallest absolute Gasteiger partial charge is 0.261 e. The highest BCUT2D eigenvalue weighted by molar-refractivity contribution is 6.22. The van der Waals surface area contributed by atoms with Crippen LogP contribution in [0, 0.1) is 6.92 Å². The average molecular weight is 432 g/mol. The maximum absolute atomic E-state index is 12.8. The molecule has 2 aromatic heterocycles. The summed E-state index contributed by atoms with van der Waals surface area (Å²) in [7, 11) is 1.48. The first-order valence-electron chi connectivity index (χ1n) is 9.84. The third kappa shape index (κ3) is 4.13. The first kappa shape index (κ1) is 21.0. The molecule has 3 heterocycles. The summed E-state index contributed by atoms with van der Waals surface area (Å²) in [6.45, 7) is 1.68. The number of imide groups is 1. The molecule has 0 spiro atoms. The lowest BCUT2D eigenvalue weighted by molar-refractivity contribution is -0.116. The lowest BCUT2D eigenvalue weighted by Crippen LogP contribution is -2.35. The monoisotopic (exact) mass is 432 g/mol. The molecule has 1 N–H and O–H groups in total. The van der Waals surface area contributed by atoms with Crippen LogP contribution in [0.5, 0.6) is 0 Å². The molecular formula is C23H20N4O5. The van der Waals surface area contributed by atoms with Crippen LogP contribution in [0.15, 0.2) is 59.3 Å². The number of fused-ring (bicyclic) bond motifs is 1. The summed E-state index contributed by atoms with van der Waals surface area (Å²) in [4.78, 5) is 56.8. The molecule has 9 nitrogen and oxygen atoms in total. The van der Waals surface area contributed by atoms with Gasteiger partial charge in [0.25, 0.3) is 17.7 Å². The normalized spacial score (nSPS) is 12.6. The number of carbonyl (C=O) groups excluding carboxylic acids is 4. The number of aromatic nitrogens is 1. The molecule has 0 atom stereocenters. The van der Waals surface area contributed by atoms with Crippen molar-refractivity contribution in [3.63, 3.8) is 0 Å². The van der Waals surface area contributed by atoms with E-state index in [9.17, 15) is 19.2 Å². The van der Waals surface area contributed by atoms with Gasteiger partial charge in [0.1, 0.15) is 11.6 Å². The molecule has 9 heteroatoms. The van der Waals surface area contributed by atoms with E-state index in [-0.39, 0.29) is 29.8 Å². The summed E-state index contributed by atoms with van der Waals surface area (Å²) in [6.07, 6.45) is 3.04. The quantitative estimate of drug-likeness (QED) is 0.599. The predicted molar refractivity (Wildman–Crippen MR) is 114 cm³/mol. The van der Waals surface area contributed by atoms with Crippen LogP contribution in [-0.2, 0) is 11.3 Å². The Labute approximate surface area is 183 Å². The van der Waals surface area contributed by atoms with Crippen LogP contribution in [-0.4, -0.2) is 52.0 Å². The molecule has 162 valence electrons. The van der Waals surface area contributed by atoms with Crippen molar-refractivity contribution in [2.75, 3.05) is 18.9 Å². The molecule has 1 aliphatic heterocycles. The molecule has 1 aromatic carbocycles. The zero-order valence-electron chi connectivity index (χ0n) is 17.5. The van der Waals surface area contributed by atoms with Gasteiger partial charge in [-0.25, -0.2) is 4.98 Å². The third-order valence-corrected chi connectivity index (χ3v) is 5.02. The first-order valence-corrected chi connectivity index (χ1v) is 9.84. The van der Waals surface area contributed by atoms with Crippen molar-refractivity contribution in [1.82, 2.24) is 14.8 Å². The summed E-state index contributed by atoms with van der Waals surface area (Å²) >= 11 is 0. The fraction of sp³-hybridized carbons (Fsp3) is 0.174. The van der Waals surface area contributed by atoms with E-state index >= 15 is 0 Å². The Balaban J connectivity index is 1.45. The number of amides is 4. The number of nitrogens with zero attached hydrogens (tertiary/aromatic N) is 3. The number of furan rings is 1. The van der Waals surface area contributed by atoms with Crippen LogP contribution in [0.3, 0.4) is 0 Å². The Morgan fingerprint density at radius 1 is 1.09 bits per heavy atom. The molecule has 0 unspecified atom stereocenters. The number of benzene rings is 1. The average Bonchev–Trinajstić information content (AvgIpc) is 3.36. The lowest BCUT2D eigenvalue weighted by atomic mass is 10.0. The van der Waals surface area contributed by atoms with E-state index in [1.807, 2.05) is 6.92 Å². The van der Waals surface area contributed by atoms with E-state index in [1.54, 1.807) is 30.5 Å². The fourth-order valence-electron chi connectivity index (χ4n) is 3.42. The highest BCUT2D eigenvalue weighted by atomic mass is 16.3. The molecule has 0 saturated heterocycles. The fourth-order valence-corrected chi connectivity index (χ4v) is 3.42. The van der Waals surface area contributed by atoms with E-state index in [0.29, 0.717) is 11.6 Å². The van der Waals surface area contributed by atoms with Gasteiger partial charge in [-0.1, -0.05) is 0 Å². The molecule has 4 amide bonds. The minimum Gasteiger partial charge on any atom is -0.467 e. The summed E-state index contributed by atoms with van der Waals surface area (Å²) in [5, 5.41) is 2.64. The molecule has 0 aliphatic carbocycles. The second kappa shape index (κ2) is 8.46. The van der Waals surface area contributed by atoms with Gasteiger partial charge < -0.3 is 14.6 Å². The number of likely N-dealkylation sites (N-methyl/N-ethyl adjacent to an activating group) is 1. The number of pyridine rings is 1. The topological polar surface area (TPSA) is 113 Å². The van der Waals surface area contributed by atoms with Crippen LogP contribution in [0.25, 0.3) is 0 Å². The van der Waals surface area contributed by atoms with Crippen molar-refractivity contribution in [2.45, 2.75) is 13.5 Å². The minimum absolute atomic E-state index is 0.00962. The third-order valence-electron chi connectivity index (χ3n) is 5.02. The molecule has 0 bridgehead atoms. The summed E-state index contributed by atoms with van der Waals surface area (Å²) < 4.78 is 5.22. The molecule has 3 aromatic rings. The van der Waals surface area contributed by atoms with Crippen LogP contribution < -0.4 is 5.32 Å². The van der Waals surface area contributed by atoms with Gasteiger partial charge in [-0.15, -0.1) is 0 Å². The molecule has 4 rings (SSSR count). The second-order valence-corrected chi connectivity index (χ2v) is 7.46. The van der Waals surface area contributed by atoms with Crippen LogP contribution >= 0.6 is 0 Å². The van der Waals surface area contributed by atoms with Gasteiger partial charge in [0, 0.05) is 18.8 Å². The van der Waals surface area contributed by atoms with Gasteiger partial charge in [-0.05, 0) is 55.0 Å². The highest BCUT2D eigenvalue weighted by Gasteiger charge is 2.36. The lowest BCUT2D eigenvalue weighted by Gasteiger charge is -2.17. The largest absolute Gasteiger partial charge is 0.467 e. The molecule has 0 fully saturated rings. The Morgan fingerprint density at radius 3 is 2.59 bits per heavy atom. The predicted octanol–water partition coefficient (Wildman–Crippen LogP) is 2.49. The molecule has 1 aliphatic rings. The molecule has 0 radical (unpaired) electrons. The Hall–Kier alpha value is -4.27. The van der Waals surface area contributed by atoms with Crippen molar-refractivity contribution in [3.8, 4) is 0 Å². The number of rotatable bonds is 6. The van der Waals surface area contributed by atoms with E-state index in [2.05, 4.69) is 10.3 Å². The SMILES string of the molecule is Cc1ccnc(NC(=O)CN(C)C(=O)c2ccc3c(c2)C(=O)N(Cc2ccco2)C3=O)c1. The number of nitrogens with one attached hydrogen (secondary N) is 1. The van der Waals surface area contributed by atoms with E-state index < -0.39 is 23.6 Å². The Bertz CT molecular complexity index is 1220. The van der Waals surface area contributed by atoms with Gasteiger partial charge in [0.2, 0.25) is 5.91 Å². The summed E-state index contributed by atoms with van der Waals surface area (Å²) in [5.41, 5.74) is 1.52. The molecular weight excluding hydrogens is 412 g/mol. The van der Waals surface area contributed by atoms with Crippen LogP contribution in [0.2, 0.25) is 0 Å². The maximum atomic E-state index is 12.8. The summed E-state index contributed by atoms with van der Waals surface area (Å²) in [6, 6.07) is 11.2. The van der Waals surface area contributed by atoms with Crippen molar-refractivity contribution in [3.05, 3.63) is 82.9 Å². The zero-order chi connectivity index (χ0) is 22.8. The first-order chi connectivity index (χ1) is 15.3. The number of hydrogen-bond donors (Lipinski definition) is 1. The van der Waals surface area contributed by atoms with E-state index in [1.165, 1.54) is 36.4 Å². The highest BCUT2D eigenvalue weighted by Crippen LogP contribution is 2.26. The second-order valence-electron chi connectivity index (χ2n) is 7.46. The van der Waals surface area contributed by atoms with Crippen molar-refractivity contribution < 1.29 is 23.6 Å². The Kier molecular flexibility index (Phi) is 5.55. The number of anilines is 1. The van der Waals surface area contributed by atoms with Crippen LogP contribution in [0.4, 0.5) is 5.82 Å². The van der Waals surface area contributed by atoms with E-state index in [4.69, 9.17) is 4.42 Å². The standard InChI is InChI=1S/C23H20N4O5/c1-14-7-8-24-19(10-14)25-20(28)13-26(2)21(29)15-5-6-17-18(11-15)23(31)27(22(17)30)12-16-4-3-9-32-16/h3-11H,12-13H2,1-2H3,(H,24,25,28). The number of hydrogen-bond acceptors (Lipinski definition) is 6. The van der Waals surface area contributed by atoms with Gasteiger partial charge in [-0.2, -0.15) is 0 Å². The van der Waals surface area contributed by atoms with Crippen molar-refractivity contribution in [1.29, 1.82) is 0 Å². The van der Waals surface area contributed by atoms with Crippen molar-refractivity contribution in [2.24, 2.45) is 0 Å². The van der Waals surface area contributed by atoms with Gasteiger partial charge >= 0.3 is 0 Å². The van der Waals surface area contributed by atoms with E-state index in [0.717, 1.165) is 10.5 Å². The van der Waals surface area contributed by atoms with Gasteiger partial charge in [0.15, 0.2) is 0 Å². The molecule has 0 saturated carbocycles. The number of aryl methyl sites for hydroxylation is 1. The van der Waals surface area contributed by atoms with Gasteiger partial charge in [0.05, 0.1) is 30.5 Å². The number of carbonyl (C=O) groups is 4. The van der Waals surface area contributed by atoms with Crippen LogP contribution in [0.1, 0.15) is 42.4 Å². The Morgan fingerprint density at radius 2 is 1.88 bits per heavy atom. The van der Waals surface area contributed by atoms with Gasteiger partial charge in [-0.3, -0.25) is 24.1 Å². The minimum atomic E-state index is -0.498.